The van der Waals surface area contributed by atoms with E-state index in [1.54, 1.807) is 17.8 Å². The normalized spacial score (nSPS) is 23.4. The SMILES string of the molecule is Cc1cc(C(=O)N[C@@]2(c3ccccc3)CCNC[C@H]2O)n(C)n1.Cl. The molecule has 6 nitrogen and oxygen atoms in total. The summed E-state index contributed by atoms with van der Waals surface area (Å²) in [7, 11) is 1.75. The number of rotatable bonds is 3. The molecule has 3 rings (SSSR count). The van der Waals surface area contributed by atoms with Crippen molar-refractivity contribution in [1.82, 2.24) is 20.4 Å². The van der Waals surface area contributed by atoms with E-state index in [-0.39, 0.29) is 18.3 Å². The predicted molar refractivity (Wildman–Crippen MR) is 94.3 cm³/mol. The number of amides is 1. The molecule has 1 aliphatic rings. The monoisotopic (exact) mass is 350 g/mol. The number of aromatic nitrogens is 2. The fraction of sp³-hybridized carbons (Fsp3) is 0.412. The molecule has 24 heavy (non-hydrogen) atoms. The summed E-state index contributed by atoms with van der Waals surface area (Å²) in [4.78, 5) is 12.8. The molecule has 1 fully saturated rings. The number of benzene rings is 1. The Hall–Kier alpha value is -1.89. The minimum absolute atomic E-state index is 0. The minimum atomic E-state index is -0.790. The second-order valence-electron chi connectivity index (χ2n) is 6.06. The van der Waals surface area contributed by atoms with Crippen molar-refractivity contribution in [1.29, 1.82) is 0 Å². The molecule has 0 saturated carbocycles. The Morgan fingerprint density at radius 3 is 2.71 bits per heavy atom. The van der Waals surface area contributed by atoms with Gasteiger partial charge < -0.3 is 15.7 Å². The van der Waals surface area contributed by atoms with Crippen LogP contribution in [0.1, 0.15) is 28.2 Å². The molecule has 1 saturated heterocycles. The lowest BCUT2D eigenvalue weighted by Crippen LogP contribution is -2.61. The van der Waals surface area contributed by atoms with Gasteiger partial charge in [-0.3, -0.25) is 9.48 Å². The average Bonchev–Trinajstić information content (AvgIpc) is 2.89. The number of carbonyl (C=O) groups is 1. The van der Waals surface area contributed by atoms with Crippen molar-refractivity contribution in [3.63, 3.8) is 0 Å². The summed E-state index contributed by atoms with van der Waals surface area (Å²) in [6.07, 6.45) is -0.0715. The Morgan fingerprint density at radius 1 is 1.42 bits per heavy atom. The van der Waals surface area contributed by atoms with Gasteiger partial charge in [-0.1, -0.05) is 30.3 Å². The van der Waals surface area contributed by atoms with E-state index < -0.39 is 11.6 Å². The lowest BCUT2D eigenvalue weighted by Gasteiger charge is -2.42. The van der Waals surface area contributed by atoms with Gasteiger partial charge in [0.15, 0.2) is 0 Å². The van der Waals surface area contributed by atoms with E-state index in [9.17, 15) is 9.90 Å². The van der Waals surface area contributed by atoms with E-state index in [2.05, 4.69) is 15.7 Å². The van der Waals surface area contributed by atoms with Crippen LogP contribution in [0.4, 0.5) is 0 Å². The molecule has 0 unspecified atom stereocenters. The second-order valence-corrected chi connectivity index (χ2v) is 6.06. The highest BCUT2D eigenvalue weighted by atomic mass is 35.5. The molecule has 3 N–H and O–H groups in total. The number of aliphatic hydroxyl groups excluding tert-OH is 1. The van der Waals surface area contributed by atoms with Crippen LogP contribution in [0.15, 0.2) is 36.4 Å². The number of aryl methyl sites for hydroxylation is 2. The summed E-state index contributed by atoms with van der Waals surface area (Å²) < 4.78 is 1.57. The maximum absolute atomic E-state index is 12.8. The quantitative estimate of drug-likeness (QED) is 0.775. The van der Waals surface area contributed by atoms with E-state index in [4.69, 9.17) is 0 Å². The van der Waals surface area contributed by atoms with Crippen LogP contribution < -0.4 is 10.6 Å². The van der Waals surface area contributed by atoms with E-state index >= 15 is 0 Å². The van der Waals surface area contributed by atoms with Crippen LogP contribution in [0.5, 0.6) is 0 Å². The highest BCUT2D eigenvalue weighted by Gasteiger charge is 2.43. The van der Waals surface area contributed by atoms with E-state index in [0.717, 1.165) is 17.8 Å². The van der Waals surface area contributed by atoms with Gasteiger partial charge in [-0.25, -0.2) is 0 Å². The fourth-order valence-corrected chi connectivity index (χ4v) is 3.25. The molecule has 0 radical (unpaired) electrons. The zero-order valence-electron chi connectivity index (χ0n) is 13.8. The van der Waals surface area contributed by atoms with Crippen molar-refractivity contribution >= 4 is 18.3 Å². The van der Waals surface area contributed by atoms with Crippen molar-refractivity contribution < 1.29 is 9.90 Å². The van der Waals surface area contributed by atoms with Crippen LogP contribution in [0.3, 0.4) is 0 Å². The molecule has 1 aliphatic heterocycles. The Morgan fingerprint density at radius 2 is 2.12 bits per heavy atom. The number of β-amino-alcohol motifs (C(OH)–C–C–N with tert-alkyl or cyclic N) is 1. The fourth-order valence-electron chi connectivity index (χ4n) is 3.25. The topological polar surface area (TPSA) is 79.2 Å². The maximum Gasteiger partial charge on any atom is 0.270 e. The largest absolute Gasteiger partial charge is 0.389 e. The number of aliphatic hydroxyl groups is 1. The molecule has 0 spiro atoms. The van der Waals surface area contributed by atoms with Gasteiger partial charge in [-0.2, -0.15) is 5.10 Å². The number of carbonyl (C=O) groups excluding carboxylic acids is 1. The van der Waals surface area contributed by atoms with Crippen LogP contribution >= 0.6 is 12.4 Å². The van der Waals surface area contributed by atoms with Gasteiger partial charge in [-0.05, 0) is 31.5 Å². The first-order chi connectivity index (χ1) is 11.0. The smallest absolute Gasteiger partial charge is 0.270 e. The molecular formula is C17H23ClN4O2. The van der Waals surface area contributed by atoms with Gasteiger partial charge in [0, 0.05) is 13.6 Å². The Balaban J connectivity index is 0.00000208. The van der Waals surface area contributed by atoms with Crippen molar-refractivity contribution in [2.24, 2.45) is 7.05 Å². The number of piperidine rings is 1. The number of hydrogen-bond acceptors (Lipinski definition) is 4. The van der Waals surface area contributed by atoms with Crippen LogP contribution in [0.25, 0.3) is 0 Å². The summed E-state index contributed by atoms with van der Waals surface area (Å²) in [6, 6.07) is 11.4. The molecule has 1 aromatic carbocycles. The highest BCUT2D eigenvalue weighted by Crippen LogP contribution is 2.31. The van der Waals surface area contributed by atoms with Gasteiger partial charge in [-0.15, -0.1) is 12.4 Å². The van der Waals surface area contributed by atoms with Crippen molar-refractivity contribution in [3.05, 3.63) is 53.3 Å². The zero-order valence-corrected chi connectivity index (χ0v) is 14.6. The first-order valence-electron chi connectivity index (χ1n) is 7.80. The lowest BCUT2D eigenvalue weighted by molar-refractivity contribution is 0.0286. The Bertz CT molecular complexity index is 704. The summed E-state index contributed by atoms with van der Waals surface area (Å²) in [5.74, 6) is -0.224. The zero-order chi connectivity index (χ0) is 16.4. The molecule has 1 aromatic heterocycles. The van der Waals surface area contributed by atoms with E-state index in [0.29, 0.717) is 18.7 Å². The molecule has 2 atom stereocenters. The lowest BCUT2D eigenvalue weighted by atomic mass is 9.79. The number of hydrogen-bond donors (Lipinski definition) is 3. The van der Waals surface area contributed by atoms with Gasteiger partial charge in [0.1, 0.15) is 5.69 Å². The summed E-state index contributed by atoms with van der Waals surface area (Å²) in [5.41, 5.74) is 1.41. The molecule has 0 bridgehead atoms. The van der Waals surface area contributed by atoms with Crippen LogP contribution in [0, 0.1) is 6.92 Å². The summed E-state index contributed by atoms with van der Waals surface area (Å²) >= 11 is 0. The first-order valence-corrected chi connectivity index (χ1v) is 7.80. The second kappa shape index (κ2) is 7.34. The van der Waals surface area contributed by atoms with Crippen molar-refractivity contribution in [2.75, 3.05) is 13.1 Å². The van der Waals surface area contributed by atoms with Gasteiger partial charge >= 0.3 is 0 Å². The van der Waals surface area contributed by atoms with Gasteiger partial charge in [0.05, 0.1) is 17.3 Å². The number of halogens is 1. The predicted octanol–water partition coefficient (Wildman–Crippen LogP) is 1.13. The minimum Gasteiger partial charge on any atom is -0.389 e. The molecular weight excluding hydrogens is 328 g/mol. The van der Waals surface area contributed by atoms with Crippen LogP contribution in [-0.2, 0) is 12.6 Å². The van der Waals surface area contributed by atoms with E-state index in [1.165, 1.54) is 0 Å². The Labute approximate surface area is 147 Å². The molecule has 0 aliphatic carbocycles. The number of nitrogens with one attached hydrogen (secondary N) is 2. The van der Waals surface area contributed by atoms with Gasteiger partial charge in [0.2, 0.25) is 0 Å². The third-order valence-corrected chi connectivity index (χ3v) is 4.46. The standard InChI is InChI=1S/C17H22N4O2.ClH/c1-12-10-14(21(2)20-12)16(23)19-17(8-9-18-11-15(17)22)13-6-4-3-5-7-13;/h3-7,10,15,18,22H,8-9,11H2,1-2H3,(H,19,23);1H/t15-,17-;/m1./s1. The molecule has 1 amide bonds. The van der Waals surface area contributed by atoms with Crippen LogP contribution in [-0.4, -0.2) is 40.0 Å². The number of nitrogens with zero attached hydrogens (tertiary/aromatic N) is 2. The van der Waals surface area contributed by atoms with Crippen molar-refractivity contribution in [3.8, 4) is 0 Å². The molecule has 2 heterocycles. The van der Waals surface area contributed by atoms with Crippen LogP contribution in [0.2, 0.25) is 0 Å². The maximum atomic E-state index is 12.8. The van der Waals surface area contributed by atoms with E-state index in [1.807, 2.05) is 37.3 Å². The van der Waals surface area contributed by atoms with Gasteiger partial charge in [0.25, 0.3) is 5.91 Å². The average molecular weight is 351 g/mol. The third kappa shape index (κ3) is 3.31. The molecule has 7 heteroatoms. The third-order valence-electron chi connectivity index (χ3n) is 4.46. The first kappa shape index (κ1) is 18.4. The summed E-state index contributed by atoms with van der Waals surface area (Å²) in [5, 5.41) is 21.1. The summed E-state index contributed by atoms with van der Waals surface area (Å²) in [6.45, 7) is 3.03. The molecule has 2 aromatic rings. The highest BCUT2D eigenvalue weighted by molar-refractivity contribution is 5.93. The Kier molecular flexibility index (Phi) is 5.64. The molecule has 130 valence electrons. The van der Waals surface area contributed by atoms with Crippen molar-refractivity contribution in [2.45, 2.75) is 25.0 Å².